The second-order valence-corrected chi connectivity index (χ2v) is 6.10. The van der Waals surface area contributed by atoms with Crippen molar-refractivity contribution < 1.29 is 10.2 Å². The zero-order valence-electron chi connectivity index (χ0n) is 14.4. The predicted octanol–water partition coefficient (Wildman–Crippen LogP) is 2.03. The van der Waals surface area contributed by atoms with Gasteiger partial charge in [0.05, 0.1) is 5.69 Å². The fraction of sp³-hybridized carbons (Fsp3) is 0.158. The first-order valence-corrected chi connectivity index (χ1v) is 7.99. The lowest BCUT2D eigenvalue weighted by molar-refractivity contribution is 0.0376. The lowest BCUT2D eigenvalue weighted by Crippen LogP contribution is -2.35. The molecule has 0 spiro atoms. The Balaban J connectivity index is 1.91. The van der Waals surface area contributed by atoms with Crippen molar-refractivity contribution in [2.75, 3.05) is 24.7 Å². The van der Waals surface area contributed by atoms with Gasteiger partial charge in [-0.05, 0) is 32.3 Å². The quantitative estimate of drug-likeness (QED) is 0.305. The van der Waals surface area contributed by atoms with E-state index in [-0.39, 0.29) is 28.4 Å². The number of benzene rings is 2. The van der Waals surface area contributed by atoms with E-state index in [0.29, 0.717) is 5.69 Å². The van der Waals surface area contributed by atoms with Crippen LogP contribution in [0.2, 0.25) is 0 Å². The third-order valence-electron chi connectivity index (χ3n) is 4.05. The zero-order chi connectivity index (χ0) is 18.8. The Kier molecular flexibility index (Phi) is 4.75. The predicted molar refractivity (Wildman–Crippen MR) is 101 cm³/mol. The van der Waals surface area contributed by atoms with Crippen LogP contribution in [-0.2, 0) is 0 Å². The smallest absolute Gasteiger partial charge is 0.253 e. The van der Waals surface area contributed by atoms with Gasteiger partial charge in [-0.2, -0.15) is 0 Å². The minimum atomic E-state index is -1.01. The summed E-state index contributed by atoms with van der Waals surface area (Å²) < 4.78 is 0. The first-order chi connectivity index (χ1) is 12.4. The fourth-order valence-electron chi connectivity index (χ4n) is 2.58. The molecule has 7 heteroatoms. The van der Waals surface area contributed by atoms with Crippen LogP contribution in [0.4, 0.5) is 22.7 Å². The van der Waals surface area contributed by atoms with Crippen LogP contribution in [0.25, 0.3) is 0 Å². The van der Waals surface area contributed by atoms with Crippen molar-refractivity contribution in [2.45, 2.75) is 6.23 Å². The molecule has 3 aromatic rings. The van der Waals surface area contributed by atoms with Gasteiger partial charge < -0.3 is 20.8 Å². The SMILES string of the molecule is CN(C)C(O)c1cccc(Nc2c(Nc3ccccc3)c(=O)c2=O)c1O. The van der Waals surface area contributed by atoms with Crippen molar-refractivity contribution in [3.05, 3.63) is 74.5 Å². The number of aliphatic hydroxyl groups is 1. The molecule has 0 aromatic heterocycles. The first kappa shape index (κ1) is 17.7. The van der Waals surface area contributed by atoms with Crippen LogP contribution in [-0.4, -0.2) is 29.2 Å². The minimum absolute atomic E-state index is 0.0747. The van der Waals surface area contributed by atoms with Gasteiger partial charge in [0.25, 0.3) is 10.9 Å². The Morgan fingerprint density at radius 3 is 2.12 bits per heavy atom. The summed E-state index contributed by atoms with van der Waals surface area (Å²) in [5.41, 5.74) is 0.109. The highest BCUT2D eigenvalue weighted by Crippen LogP contribution is 2.35. The normalized spacial score (nSPS) is 12.3. The van der Waals surface area contributed by atoms with E-state index in [1.54, 1.807) is 56.6 Å². The number of para-hydroxylation sites is 2. The topological polar surface area (TPSA) is 102 Å². The van der Waals surface area contributed by atoms with Crippen LogP contribution in [0.5, 0.6) is 5.75 Å². The second-order valence-electron chi connectivity index (χ2n) is 6.10. The number of hydrogen-bond donors (Lipinski definition) is 4. The van der Waals surface area contributed by atoms with Crippen LogP contribution in [0.3, 0.4) is 0 Å². The monoisotopic (exact) mass is 353 g/mol. The summed E-state index contributed by atoms with van der Waals surface area (Å²) >= 11 is 0. The molecule has 1 atom stereocenters. The number of phenols is 1. The fourth-order valence-corrected chi connectivity index (χ4v) is 2.58. The Hall–Kier alpha value is -3.16. The first-order valence-electron chi connectivity index (χ1n) is 7.99. The maximum Gasteiger partial charge on any atom is 0.253 e. The van der Waals surface area contributed by atoms with Crippen LogP contribution in [0, 0.1) is 0 Å². The number of aliphatic hydroxyl groups excluding tert-OH is 1. The maximum atomic E-state index is 12.0. The summed E-state index contributed by atoms with van der Waals surface area (Å²) in [6, 6.07) is 13.8. The van der Waals surface area contributed by atoms with Crippen molar-refractivity contribution in [3.8, 4) is 5.75 Å². The molecule has 0 aliphatic carbocycles. The minimum Gasteiger partial charge on any atom is -0.505 e. The highest BCUT2D eigenvalue weighted by Gasteiger charge is 2.23. The van der Waals surface area contributed by atoms with Crippen molar-refractivity contribution >= 4 is 22.7 Å². The molecule has 0 saturated heterocycles. The van der Waals surface area contributed by atoms with E-state index in [1.165, 1.54) is 4.90 Å². The van der Waals surface area contributed by atoms with E-state index < -0.39 is 17.1 Å². The summed E-state index contributed by atoms with van der Waals surface area (Å²) in [6.07, 6.45) is -1.01. The second kappa shape index (κ2) is 6.99. The number of nitrogens with zero attached hydrogens (tertiary/aromatic N) is 1. The van der Waals surface area contributed by atoms with E-state index in [1.807, 2.05) is 6.07 Å². The number of hydrogen-bond acceptors (Lipinski definition) is 7. The Morgan fingerprint density at radius 2 is 1.50 bits per heavy atom. The lowest BCUT2D eigenvalue weighted by Gasteiger charge is -2.22. The Morgan fingerprint density at radius 1 is 0.885 bits per heavy atom. The van der Waals surface area contributed by atoms with E-state index in [4.69, 9.17) is 0 Å². The molecule has 7 nitrogen and oxygen atoms in total. The number of rotatable bonds is 6. The third kappa shape index (κ3) is 3.17. The largest absolute Gasteiger partial charge is 0.505 e. The molecule has 134 valence electrons. The summed E-state index contributed by atoms with van der Waals surface area (Å²) in [5.74, 6) is -0.188. The van der Waals surface area contributed by atoms with Crippen molar-refractivity contribution in [1.29, 1.82) is 0 Å². The van der Waals surface area contributed by atoms with Crippen LogP contribution >= 0.6 is 0 Å². The van der Waals surface area contributed by atoms with Gasteiger partial charge in [-0.1, -0.05) is 30.3 Å². The van der Waals surface area contributed by atoms with Crippen LogP contribution in [0.15, 0.2) is 58.1 Å². The summed E-state index contributed by atoms with van der Waals surface area (Å²) in [6.45, 7) is 0. The van der Waals surface area contributed by atoms with Gasteiger partial charge in [0.2, 0.25) is 0 Å². The van der Waals surface area contributed by atoms with Gasteiger partial charge in [0.1, 0.15) is 23.4 Å². The van der Waals surface area contributed by atoms with Gasteiger partial charge in [0, 0.05) is 11.3 Å². The molecule has 0 radical (unpaired) electrons. The van der Waals surface area contributed by atoms with Gasteiger partial charge in [0.15, 0.2) is 0 Å². The Labute approximate surface area is 149 Å². The average Bonchev–Trinajstić information content (AvgIpc) is 2.65. The highest BCUT2D eigenvalue weighted by molar-refractivity contribution is 5.83. The Bertz CT molecular complexity index is 992. The molecule has 3 aromatic carbocycles. The molecule has 0 aliphatic rings. The lowest BCUT2D eigenvalue weighted by atomic mass is 10.1. The molecule has 0 heterocycles. The molecular weight excluding hydrogens is 334 g/mol. The molecular formula is C19H19N3O4. The van der Waals surface area contributed by atoms with E-state index in [0.717, 1.165) is 0 Å². The van der Waals surface area contributed by atoms with Crippen LogP contribution < -0.4 is 21.5 Å². The van der Waals surface area contributed by atoms with Gasteiger partial charge in [-0.3, -0.25) is 14.5 Å². The molecule has 0 aliphatic heterocycles. The standard InChI is InChI=1S/C19H19N3O4/c1-22(2)19(26)12-9-6-10-13(16(12)23)21-15-14(17(24)18(15)25)20-11-7-4-3-5-8-11/h3-10,19-21,23,26H,1-2H3. The molecule has 0 bridgehead atoms. The molecule has 4 N–H and O–H groups in total. The van der Waals surface area contributed by atoms with Crippen molar-refractivity contribution in [3.63, 3.8) is 0 Å². The van der Waals surface area contributed by atoms with Crippen molar-refractivity contribution in [1.82, 2.24) is 4.90 Å². The molecule has 0 amide bonds. The molecule has 26 heavy (non-hydrogen) atoms. The summed E-state index contributed by atoms with van der Waals surface area (Å²) in [7, 11) is 3.34. The number of nitrogens with one attached hydrogen (secondary N) is 2. The van der Waals surface area contributed by atoms with Gasteiger partial charge >= 0.3 is 0 Å². The van der Waals surface area contributed by atoms with Gasteiger partial charge in [-0.25, -0.2) is 0 Å². The third-order valence-corrected chi connectivity index (χ3v) is 4.05. The highest BCUT2D eigenvalue weighted by atomic mass is 16.3. The van der Waals surface area contributed by atoms with E-state index >= 15 is 0 Å². The van der Waals surface area contributed by atoms with E-state index in [9.17, 15) is 19.8 Å². The average molecular weight is 353 g/mol. The molecule has 0 saturated carbocycles. The van der Waals surface area contributed by atoms with Crippen LogP contribution in [0.1, 0.15) is 11.8 Å². The van der Waals surface area contributed by atoms with E-state index in [2.05, 4.69) is 10.6 Å². The molecule has 3 rings (SSSR count). The van der Waals surface area contributed by atoms with Crippen molar-refractivity contribution in [2.24, 2.45) is 0 Å². The summed E-state index contributed by atoms with van der Waals surface area (Å²) in [5, 5.41) is 26.3. The summed E-state index contributed by atoms with van der Waals surface area (Å²) in [4.78, 5) is 25.4. The zero-order valence-corrected chi connectivity index (χ0v) is 14.4. The maximum absolute atomic E-state index is 12.0. The number of phenolic OH excluding ortho intramolecular Hbond substituents is 1. The molecule has 0 fully saturated rings. The number of aromatic hydroxyl groups is 1. The van der Waals surface area contributed by atoms with Gasteiger partial charge in [-0.15, -0.1) is 0 Å². The molecule has 1 unspecified atom stereocenters. The number of anilines is 4.